The molecule has 12 heteroatoms. The Balaban J connectivity index is 0.000000163. The van der Waals surface area contributed by atoms with Gasteiger partial charge in [-0.25, -0.2) is 9.97 Å². The van der Waals surface area contributed by atoms with Crippen LogP contribution in [0.2, 0.25) is 39.3 Å². The zero-order chi connectivity index (χ0) is 66.0. The van der Waals surface area contributed by atoms with Crippen molar-refractivity contribution in [2.75, 3.05) is 0 Å². The van der Waals surface area contributed by atoms with Crippen molar-refractivity contribution in [1.29, 1.82) is 0 Å². The van der Waals surface area contributed by atoms with Gasteiger partial charge in [0.15, 0.2) is 0 Å². The number of aryl methyl sites for hydroxylation is 1. The Bertz CT molecular complexity index is 4520. The van der Waals surface area contributed by atoms with Crippen molar-refractivity contribution < 1.29 is 49.0 Å². The largest absolute Gasteiger partial charge is 0.486 e. The number of hydrogen-bond acceptors (Lipinski definition) is 8. The van der Waals surface area contributed by atoms with Gasteiger partial charge in [-0.05, 0) is 126 Å². The van der Waals surface area contributed by atoms with Gasteiger partial charge in [-0.2, -0.15) is 0 Å². The number of aromatic nitrogens is 6. The van der Waals surface area contributed by atoms with Crippen molar-refractivity contribution in [3.05, 3.63) is 241 Å². The van der Waals surface area contributed by atoms with Gasteiger partial charge in [-0.15, -0.1) is 108 Å². The standard InChI is InChI=1S/C26H21N2O.C21H19N2O.2C18H24NSi.2Ir/c1-17(2)15-18-13-14-27-24(16-18)22-10-6-9-20-21-11-12-23(19-7-4-3-5-8-19)28-26(21)29-25(20)22;1-13(2)11-15-9-10-22-19(12-15)18-6-4-5-16-17-8-7-14(3)23-21(17)24-20(16)18;2*1-14(2)11-16-12-17(15-9-7-6-8-10-15)19-13-18(16)20(3,4)5;;/h3-9,11-14,16-17H,15H2,1-2H3;4-5,7-10,12-13H,11H2,1-3H3;2*6-9,12-14H,11H2,1-5H3;;/q4*-1;;. The second-order valence-corrected chi connectivity index (χ2v) is 38.2. The summed E-state index contributed by atoms with van der Waals surface area (Å²) in [5.41, 5.74) is 19.1. The summed E-state index contributed by atoms with van der Waals surface area (Å²) in [6.45, 7) is 34.3. The molecule has 0 aliphatic rings. The third-order valence-electron chi connectivity index (χ3n) is 16.1. The number of furan rings is 2. The van der Waals surface area contributed by atoms with Crippen LogP contribution in [0.1, 0.15) is 83.3 Å². The summed E-state index contributed by atoms with van der Waals surface area (Å²) in [5, 5.41) is 7.12. The van der Waals surface area contributed by atoms with Crippen LogP contribution in [-0.4, -0.2) is 46.1 Å². The smallest absolute Gasteiger partial charge is 0.216 e. The van der Waals surface area contributed by atoms with Crippen molar-refractivity contribution in [3.63, 3.8) is 0 Å². The third-order valence-corrected chi connectivity index (χ3v) is 20.2. The zero-order valence-electron chi connectivity index (χ0n) is 57.7. The van der Waals surface area contributed by atoms with Gasteiger partial charge in [0.25, 0.3) is 0 Å². The Labute approximate surface area is 593 Å². The van der Waals surface area contributed by atoms with Crippen LogP contribution in [0.4, 0.5) is 0 Å². The van der Waals surface area contributed by atoms with E-state index in [-0.39, 0.29) is 40.2 Å². The van der Waals surface area contributed by atoms with E-state index in [1.54, 1.807) is 0 Å². The van der Waals surface area contributed by atoms with Crippen LogP contribution in [0.3, 0.4) is 0 Å². The van der Waals surface area contributed by atoms with Crippen molar-refractivity contribution in [2.24, 2.45) is 23.7 Å². The third kappa shape index (κ3) is 18.9. The van der Waals surface area contributed by atoms with Crippen LogP contribution in [0.15, 0.2) is 197 Å². The maximum absolute atomic E-state index is 6.24. The number of rotatable bonds is 15. The van der Waals surface area contributed by atoms with Crippen LogP contribution in [0.25, 0.3) is 100 Å². The molecule has 95 heavy (non-hydrogen) atoms. The van der Waals surface area contributed by atoms with Crippen molar-refractivity contribution in [3.8, 4) is 56.3 Å². The average molecular weight is 1640 g/mol. The fourth-order valence-corrected chi connectivity index (χ4v) is 15.0. The minimum atomic E-state index is -1.34. The first-order valence-electron chi connectivity index (χ1n) is 32.9. The molecule has 0 saturated carbocycles. The van der Waals surface area contributed by atoms with E-state index in [4.69, 9.17) is 13.8 Å². The van der Waals surface area contributed by atoms with Gasteiger partial charge in [-0.1, -0.05) is 193 Å². The molecular formula is C83H88Ir2N6O2Si2-4. The van der Waals surface area contributed by atoms with E-state index < -0.39 is 16.1 Å². The summed E-state index contributed by atoms with van der Waals surface area (Å²) in [4.78, 5) is 27.8. The molecule has 13 aromatic rings. The molecule has 0 unspecified atom stereocenters. The van der Waals surface area contributed by atoms with E-state index in [2.05, 4.69) is 229 Å². The molecule has 0 amide bonds. The maximum atomic E-state index is 6.24. The van der Waals surface area contributed by atoms with Crippen molar-refractivity contribution >= 4 is 70.7 Å². The van der Waals surface area contributed by atoms with E-state index in [1.165, 1.54) is 32.6 Å². The Hall–Kier alpha value is -7.67. The van der Waals surface area contributed by atoms with Crippen LogP contribution >= 0.6 is 0 Å². The van der Waals surface area contributed by atoms with E-state index >= 15 is 0 Å². The van der Waals surface area contributed by atoms with Crippen LogP contribution in [0.5, 0.6) is 0 Å². The van der Waals surface area contributed by atoms with Gasteiger partial charge in [0.1, 0.15) is 0 Å². The predicted molar refractivity (Wildman–Crippen MR) is 394 cm³/mol. The summed E-state index contributed by atoms with van der Waals surface area (Å²) in [6, 6.07) is 68.6. The normalized spacial score (nSPS) is 11.5. The number of nitrogens with zero attached hydrogens (tertiary/aromatic N) is 6. The molecule has 0 aliphatic heterocycles. The maximum Gasteiger partial charge on any atom is 0.216 e. The molecule has 492 valence electrons. The molecule has 0 aliphatic carbocycles. The van der Waals surface area contributed by atoms with Crippen molar-refractivity contribution in [1.82, 2.24) is 29.9 Å². The predicted octanol–water partition coefficient (Wildman–Crippen LogP) is 20.6. The van der Waals surface area contributed by atoms with Gasteiger partial charge < -0.3 is 28.8 Å². The summed E-state index contributed by atoms with van der Waals surface area (Å²) in [6.07, 6.45) is 12.3. The second kappa shape index (κ2) is 32.9. The zero-order valence-corrected chi connectivity index (χ0v) is 64.5. The first-order chi connectivity index (χ1) is 44.6. The minimum Gasteiger partial charge on any atom is -0.486 e. The molecule has 8 aromatic heterocycles. The number of benzene rings is 5. The SMILES string of the molecule is CC(C)Cc1cc(-c2[c-]cccc2)ncc1[Si](C)(C)C.CC(C)Cc1cc(-c2[c-]cccc2)ncc1[Si](C)(C)C.CC(C)Cc1ccnc(-c2[c-]ccc3c2oc2nc(-c4ccccc4)ccc23)c1.Cc1ccc2c(n1)oc1c(-c3cc(CC(C)C)ccn3)[c-]ccc12.[Ir].[Ir]. The first kappa shape index (κ1) is 73.1. The fourth-order valence-electron chi connectivity index (χ4n) is 11.9. The van der Waals surface area contributed by atoms with Crippen LogP contribution in [0, 0.1) is 54.9 Å². The van der Waals surface area contributed by atoms with Gasteiger partial charge in [0, 0.05) is 87.0 Å². The molecular weight excluding hydrogens is 1550 g/mol. The molecule has 0 fully saturated rings. The topological polar surface area (TPSA) is 104 Å². The summed E-state index contributed by atoms with van der Waals surface area (Å²) < 4.78 is 12.3. The van der Waals surface area contributed by atoms with E-state index in [0.717, 1.165) is 120 Å². The van der Waals surface area contributed by atoms with Gasteiger partial charge in [0.2, 0.25) is 11.4 Å². The van der Waals surface area contributed by atoms with Gasteiger partial charge in [0.05, 0.1) is 33.0 Å². The Morgan fingerprint density at radius 3 is 1.24 bits per heavy atom. The molecule has 0 saturated heterocycles. The Morgan fingerprint density at radius 2 is 0.821 bits per heavy atom. The number of fused-ring (bicyclic) bond motifs is 6. The molecule has 0 spiro atoms. The summed E-state index contributed by atoms with van der Waals surface area (Å²) >= 11 is 0. The molecule has 5 aromatic carbocycles. The number of pyridine rings is 6. The van der Waals surface area contributed by atoms with E-state index in [0.29, 0.717) is 35.1 Å². The van der Waals surface area contributed by atoms with Crippen molar-refractivity contribution in [2.45, 2.75) is 127 Å². The summed E-state index contributed by atoms with van der Waals surface area (Å²) in [5.74, 6) is 2.54. The molecule has 0 atom stereocenters. The summed E-state index contributed by atoms with van der Waals surface area (Å²) in [7, 11) is -2.68. The monoisotopic (exact) mass is 1640 g/mol. The average Bonchev–Trinajstić information content (AvgIpc) is 1.64. The molecule has 0 bridgehead atoms. The fraction of sp³-hybridized carbons (Fsp3) is 0.277. The Kier molecular flexibility index (Phi) is 25.3. The van der Waals surface area contributed by atoms with Crippen LogP contribution < -0.4 is 10.4 Å². The molecule has 8 nitrogen and oxygen atoms in total. The van der Waals surface area contributed by atoms with E-state index in [1.807, 2.05) is 110 Å². The molecule has 8 heterocycles. The second-order valence-electron chi connectivity index (χ2n) is 28.1. The molecule has 2 radical (unpaired) electrons. The first-order valence-corrected chi connectivity index (χ1v) is 39.9. The Morgan fingerprint density at radius 1 is 0.389 bits per heavy atom. The quantitative estimate of drug-likeness (QED) is 0.0739. The van der Waals surface area contributed by atoms with Crippen LogP contribution in [-0.2, 0) is 65.9 Å². The molecule has 0 N–H and O–H groups in total. The van der Waals surface area contributed by atoms with Gasteiger partial charge >= 0.3 is 0 Å². The minimum absolute atomic E-state index is 0. The van der Waals surface area contributed by atoms with E-state index in [9.17, 15) is 0 Å². The van der Waals surface area contributed by atoms with Gasteiger partial charge in [-0.3, -0.25) is 0 Å². The number of hydrogen-bond donors (Lipinski definition) is 0. The molecule has 13 rings (SSSR count).